The highest BCUT2D eigenvalue weighted by atomic mass is 15.4. The summed E-state index contributed by atoms with van der Waals surface area (Å²) in [5.41, 5.74) is 3.37. The van der Waals surface area contributed by atoms with Crippen molar-refractivity contribution in [3.05, 3.63) is 78.6 Å². The Hall–Kier alpha value is -3.29. The van der Waals surface area contributed by atoms with Gasteiger partial charge in [-0.25, -0.2) is 4.98 Å². The fraction of sp³-hybridized carbons (Fsp3) is 0.292. The molecule has 0 bridgehead atoms. The Bertz CT molecular complexity index is 1100. The molecule has 1 aliphatic heterocycles. The summed E-state index contributed by atoms with van der Waals surface area (Å²) in [7, 11) is 0. The molecule has 0 saturated carbocycles. The van der Waals surface area contributed by atoms with Crippen LogP contribution >= 0.6 is 0 Å². The van der Waals surface area contributed by atoms with Crippen LogP contribution in [-0.2, 0) is 6.54 Å². The normalized spacial score (nSPS) is 15.4. The lowest BCUT2D eigenvalue weighted by Crippen LogP contribution is -2.47. The monoisotopic (exact) mass is 413 g/mol. The standard InChI is InChI=1S/C24H27N7/c1-3-7-20(8-4-1)18-30-15-13-29(14-16-30)12-11-25-23-17-22(21-9-5-2-6-10-21)28-24-26-19-27-31(23)24/h1-10,17,19,25H,11-16,18H2. The van der Waals surface area contributed by atoms with Crippen LogP contribution in [0.4, 0.5) is 5.82 Å². The van der Waals surface area contributed by atoms with Crippen molar-refractivity contribution in [3.8, 4) is 11.3 Å². The summed E-state index contributed by atoms with van der Waals surface area (Å²) < 4.78 is 1.77. The van der Waals surface area contributed by atoms with Gasteiger partial charge in [0.1, 0.15) is 12.1 Å². The number of hydrogen-bond donors (Lipinski definition) is 1. The van der Waals surface area contributed by atoms with E-state index in [9.17, 15) is 0 Å². The maximum absolute atomic E-state index is 4.64. The highest BCUT2D eigenvalue weighted by Gasteiger charge is 2.17. The van der Waals surface area contributed by atoms with E-state index in [0.29, 0.717) is 5.78 Å². The van der Waals surface area contributed by atoms with Gasteiger partial charge in [-0.2, -0.15) is 14.6 Å². The largest absolute Gasteiger partial charge is 0.369 e. The zero-order chi connectivity index (χ0) is 20.9. The zero-order valence-electron chi connectivity index (χ0n) is 17.6. The SMILES string of the molecule is c1ccc(CN2CCN(CCNc3cc(-c4ccccc4)nc4ncnn34)CC2)cc1. The predicted molar refractivity (Wildman–Crippen MR) is 123 cm³/mol. The average molecular weight is 414 g/mol. The Morgan fingerprint density at radius 1 is 0.839 bits per heavy atom. The summed E-state index contributed by atoms with van der Waals surface area (Å²) in [5, 5.41) is 7.88. The fourth-order valence-corrected chi connectivity index (χ4v) is 4.05. The molecule has 0 spiro atoms. The molecule has 0 amide bonds. The van der Waals surface area contributed by atoms with E-state index in [1.807, 2.05) is 18.2 Å². The maximum atomic E-state index is 4.64. The van der Waals surface area contributed by atoms with Crippen LogP contribution in [0, 0.1) is 0 Å². The molecule has 4 aromatic rings. The summed E-state index contributed by atoms with van der Waals surface area (Å²) in [6.07, 6.45) is 1.55. The van der Waals surface area contributed by atoms with Crippen molar-refractivity contribution in [2.24, 2.45) is 0 Å². The van der Waals surface area contributed by atoms with Gasteiger partial charge in [-0.15, -0.1) is 0 Å². The smallest absolute Gasteiger partial charge is 0.254 e. The number of fused-ring (bicyclic) bond motifs is 1. The topological polar surface area (TPSA) is 61.6 Å². The molecule has 0 atom stereocenters. The lowest BCUT2D eigenvalue weighted by Gasteiger charge is -2.34. The fourth-order valence-electron chi connectivity index (χ4n) is 4.05. The van der Waals surface area contributed by atoms with E-state index >= 15 is 0 Å². The van der Waals surface area contributed by atoms with Crippen LogP contribution in [0.2, 0.25) is 0 Å². The van der Waals surface area contributed by atoms with Gasteiger partial charge in [0.25, 0.3) is 5.78 Å². The van der Waals surface area contributed by atoms with Crippen molar-refractivity contribution < 1.29 is 0 Å². The second kappa shape index (κ2) is 9.24. The molecule has 1 aliphatic rings. The van der Waals surface area contributed by atoms with Crippen LogP contribution in [-0.4, -0.2) is 68.7 Å². The molecule has 31 heavy (non-hydrogen) atoms. The Morgan fingerprint density at radius 2 is 1.55 bits per heavy atom. The van der Waals surface area contributed by atoms with E-state index in [1.54, 1.807) is 10.8 Å². The van der Waals surface area contributed by atoms with Crippen LogP contribution in [0.15, 0.2) is 73.1 Å². The number of aromatic nitrogens is 4. The minimum atomic E-state index is 0.610. The van der Waals surface area contributed by atoms with Crippen LogP contribution in [0.1, 0.15) is 5.56 Å². The van der Waals surface area contributed by atoms with Crippen LogP contribution in [0.3, 0.4) is 0 Å². The highest BCUT2D eigenvalue weighted by Crippen LogP contribution is 2.21. The molecule has 2 aromatic carbocycles. The third kappa shape index (κ3) is 4.73. The molecule has 158 valence electrons. The van der Waals surface area contributed by atoms with Gasteiger partial charge in [0.15, 0.2) is 0 Å². The van der Waals surface area contributed by atoms with Crippen molar-refractivity contribution >= 4 is 11.6 Å². The van der Waals surface area contributed by atoms with Crippen LogP contribution in [0.5, 0.6) is 0 Å². The Labute approximate surface area is 182 Å². The van der Waals surface area contributed by atoms with Crippen molar-refractivity contribution in [2.75, 3.05) is 44.6 Å². The highest BCUT2D eigenvalue weighted by molar-refractivity contribution is 5.65. The zero-order valence-corrected chi connectivity index (χ0v) is 17.6. The van der Waals surface area contributed by atoms with Crippen molar-refractivity contribution in [1.29, 1.82) is 0 Å². The quantitative estimate of drug-likeness (QED) is 0.503. The number of hydrogen-bond acceptors (Lipinski definition) is 6. The van der Waals surface area contributed by atoms with Gasteiger partial charge in [0.05, 0.1) is 5.69 Å². The second-order valence-electron chi connectivity index (χ2n) is 7.89. The van der Waals surface area contributed by atoms with E-state index in [2.05, 4.69) is 78.7 Å². The van der Waals surface area contributed by atoms with Gasteiger partial charge in [0.2, 0.25) is 0 Å². The van der Waals surface area contributed by atoms with Gasteiger partial charge in [-0.3, -0.25) is 9.80 Å². The molecule has 3 heterocycles. The van der Waals surface area contributed by atoms with Crippen LogP contribution in [0.25, 0.3) is 17.0 Å². The molecule has 0 aliphatic carbocycles. The molecular formula is C24H27N7. The molecule has 2 aromatic heterocycles. The molecule has 1 N–H and O–H groups in total. The lowest BCUT2D eigenvalue weighted by molar-refractivity contribution is 0.130. The van der Waals surface area contributed by atoms with Crippen molar-refractivity contribution in [1.82, 2.24) is 29.4 Å². The number of nitrogens with one attached hydrogen (secondary N) is 1. The summed E-state index contributed by atoms with van der Waals surface area (Å²) >= 11 is 0. The molecule has 0 radical (unpaired) electrons. The lowest BCUT2D eigenvalue weighted by atomic mass is 10.1. The molecule has 7 nitrogen and oxygen atoms in total. The maximum Gasteiger partial charge on any atom is 0.254 e. The first-order chi connectivity index (χ1) is 15.3. The van der Waals surface area contributed by atoms with Gasteiger partial charge in [-0.1, -0.05) is 60.7 Å². The number of anilines is 1. The molecule has 1 fully saturated rings. The summed E-state index contributed by atoms with van der Waals surface area (Å²) in [6, 6.07) is 23.0. The summed E-state index contributed by atoms with van der Waals surface area (Å²) in [5.74, 6) is 1.53. The van der Waals surface area contributed by atoms with Gasteiger partial charge >= 0.3 is 0 Å². The van der Waals surface area contributed by atoms with Gasteiger partial charge < -0.3 is 5.32 Å². The second-order valence-corrected chi connectivity index (χ2v) is 7.89. The Balaban J connectivity index is 1.17. The third-order valence-electron chi connectivity index (χ3n) is 5.77. The number of benzene rings is 2. The Morgan fingerprint density at radius 3 is 2.32 bits per heavy atom. The summed E-state index contributed by atoms with van der Waals surface area (Å²) in [6.45, 7) is 7.30. The number of rotatable bonds is 7. The Kier molecular flexibility index (Phi) is 5.86. The predicted octanol–water partition coefficient (Wildman–Crippen LogP) is 3.02. The van der Waals surface area contributed by atoms with Crippen molar-refractivity contribution in [3.63, 3.8) is 0 Å². The minimum absolute atomic E-state index is 0.610. The van der Waals surface area contributed by atoms with E-state index < -0.39 is 0 Å². The molecular weight excluding hydrogens is 386 g/mol. The minimum Gasteiger partial charge on any atom is -0.369 e. The number of nitrogens with zero attached hydrogens (tertiary/aromatic N) is 6. The first-order valence-corrected chi connectivity index (χ1v) is 10.8. The van der Waals surface area contributed by atoms with E-state index in [-0.39, 0.29) is 0 Å². The first kappa shape index (κ1) is 19.7. The first-order valence-electron chi connectivity index (χ1n) is 10.8. The molecule has 7 heteroatoms. The van der Waals surface area contributed by atoms with Gasteiger partial charge in [0, 0.05) is 57.4 Å². The number of piperazine rings is 1. The van der Waals surface area contributed by atoms with Crippen molar-refractivity contribution in [2.45, 2.75) is 6.54 Å². The molecule has 0 unspecified atom stereocenters. The van der Waals surface area contributed by atoms with E-state index in [0.717, 1.165) is 62.9 Å². The average Bonchev–Trinajstić information content (AvgIpc) is 3.30. The van der Waals surface area contributed by atoms with E-state index in [1.165, 1.54) is 5.56 Å². The third-order valence-corrected chi connectivity index (χ3v) is 5.77. The molecule has 1 saturated heterocycles. The van der Waals surface area contributed by atoms with E-state index in [4.69, 9.17) is 0 Å². The van der Waals surface area contributed by atoms with Crippen LogP contribution < -0.4 is 5.32 Å². The van der Waals surface area contributed by atoms with Gasteiger partial charge in [-0.05, 0) is 5.56 Å². The summed E-state index contributed by atoms with van der Waals surface area (Å²) in [4.78, 5) is 14.0. The molecule has 5 rings (SSSR count).